The van der Waals surface area contributed by atoms with Crippen LogP contribution in [0.1, 0.15) is 86.0 Å². The summed E-state index contributed by atoms with van der Waals surface area (Å²) < 4.78 is 5.40. The van der Waals surface area contributed by atoms with Crippen molar-refractivity contribution in [1.82, 2.24) is 5.32 Å². The van der Waals surface area contributed by atoms with Crippen LogP contribution in [0.15, 0.2) is 0 Å². The molecule has 0 aromatic carbocycles. The van der Waals surface area contributed by atoms with Gasteiger partial charge in [0, 0.05) is 5.41 Å². The standard InChI is InChI=1S/C21H37NO4/c1-15(2)14-17(22-19(24)18(23)21(3,4)5)20(25)26-13-9-12-16-10-7-6-8-11-16/h15-17H,6-14H2,1-5H3,(H,22,24)/t17-/m0/s1. The van der Waals surface area contributed by atoms with Gasteiger partial charge in [0.1, 0.15) is 6.04 Å². The number of hydrogen-bond acceptors (Lipinski definition) is 4. The smallest absolute Gasteiger partial charge is 0.328 e. The number of nitrogens with one attached hydrogen (secondary N) is 1. The number of ether oxygens (including phenoxy) is 1. The highest BCUT2D eigenvalue weighted by molar-refractivity contribution is 6.38. The lowest BCUT2D eigenvalue weighted by molar-refractivity contribution is -0.150. The van der Waals surface area contributed by atoms with Gasteiger partial charge in [-0.25, -0.2) is 4.79 Å². The maximum absolute atomic E-state index is 12.4. The molecule has 0 unspecified atom stereocenters. The van der Waals surface area contributed by atoms with Crippen molar-refractivity contribution in [3.63, 3.8) is 0 Å². The van der Waals surface area contributed by atoms with E-state index in [1.807, 2.05) is 13.8 Å². The minimum absolute atomic E-state index is 0.208. The third-order valence-electron chi connectivity index (χ3n) is 4.91. The molecule has 1 aliphatic carbocycles. The van der Waals surface area contributed by atoms with Crippen molar-refractivity contribution in [3.05, 3.63) is 0 Å². The zero-order valence-corrected chi connectivity index (χ0v) is 17.2. The molecule has 5 heteroatoms. The molecule has 0 bridgehead atoms. The number of carbonyl (C=O) groups is 3. The fraction of sp³-hybridized carbons (Fsp3) is 0.857. The highest BCUT2D eigenvalue weighted by Crippen LogP contribution is 2.27. The van der Waals surface area contributed by atoms with E-state index in [-0.39, 0.29) is 5.92 Å². The largest absolute Gasteiger partial charge is 0.464 e. The topological polar surface area (TPSA) is 72.5 Å². The minimum atomic E-state index is -0.767. The van der Waals surface area contributed by atoms with E-state index in [1.165, 1.54) is 32.1 Å². The van der Waals surface area contributed by atoms with Gasteiger partial charge in [-0.15, -0.1) is 0 Å². The maximum atomic E-state index is 12.4. The fourth-order valence-electron chi connectivity index (χ4n) is 3.37. The number of esters is 1. The first-order valence-electron chi connectivity index (χ1n) is 10.1. The summed E-state index contributed by atoms with van der Waals surface area (Å²) >= 11 is 0. The third-order valence-corrected chi connectivity index (χ3v) is 4.91. The zero-order valence-electron chi connectivity index (χ0n) is 17.2. The number of ketones is 1. The van der Waals surface area contributed by atoms with Gasteiger partial charge in [-0.05, 0) is 31.1 Å². The Morgan fingerprint density at radius 3 is 2.23 bits per heavy atom. The van der Waals surface area contributed by atoms with Gasteiger partial charge in [0.05, 0.1) is 6.61 Å². The Bertz CT molecular complexity index is 473. The van der Waals surface area contributed by atoms with E-state index in [0.717, 1.165) is 18.8 Å². The predicted octanol–water partition coefficient (Wildman–Crippen LogP) is 4.04. The average Bonchev–Trinajstić information content (AvgIpc) is 2.56. The predicted molar refractivity (Wildman–Crippen MR) is 103 cm³/mol. The van der Waals surface area contributed by atoms with Crippen molar-refractivity contribution < 1.29 is 19.1 Å². The summed E-state index contributed by atoms with van der Waals surface area (Å²) in [6.07, 6.45) is 8.96. The minimum Gasteiger partial charge on any atom is -0.464 e. The molecule has 0 spiro atoms. The van der Waals surface area contributed by atoms with Crippen molar-refractivity contribution in [3.8, 4) is 0 Å². The van der Waals surface area contributed by atoms with E-state index in [4.69, 9.17) is 4.74 Å². The first kappa shape index (κ1) is 22.7. The first-order chi connectivity index (χ1) is 12.1. The normalized spacial score (nSPS) is 17.0. The summed E-state index contributed by atoms with van der Waals surface area (Å²) in [4.78, 5) is 36.6. The number of carbonyl (C=O) groups excluding carboxylic acids is 3. The summed E-state index contributed by atoms with van der Waals surface area (Å²) in [5, 5.41) is 2.58. The van der Waals surface area contributed by atoms with Gasteiger partial charge in [-0.1, -0.05) is 66.7 Å². The maximum Gasteiger partial charge on any atom is 0.328 e. The quantitative estimate of drug-likeness (QED) is 0.379. The van der Waals surface area contributed by atoms with Crippen molar-refractivity contribution >= 4 is 17.7 Å². The van der Waals surface area contributed by atoms with Crippen molar-refractivity contribution in [1.29, 1.82) is 0 Å². The Hall–Kier alpha value is -1.39. The van der Waals surface area contributed by atoms with E-state index in [9.17, 15) is 14.4 Å². The Balaban J connectivity index is 2.46. The lowest BCUT2D eigenvalue weighted by Crippen LogP contribution is -2.48. The highest BCUT2D eigenvalue weighted by Gasteiger charge is 2.32. The fourth-order valence-corrected chi connectivity index (χ4v) is 3.37. The van der Waals surface area contributed by atoms with E-state index in [0.29, 0.717) is 13.0 Å². The van der Waals surface area contributed by atoms with Crippen molar-refractivity contribution in [2.24, 2.45) is 17.3 Å². The third kappa shape index (κ3) is 8.33. The molecule has 1 atom stereocenters. The first-order valence-corrected chi connectivity index (χ1v) is 10.1. The highest BCUT2D eigenvalue weighted by atomic mass is 16.5. The van der Waals surface area contributed by atoms with Gasteiger partial charge in [-0.2, -0.15) is 0 Å². The molecule has 0 saturated heterocycles. The summed E-state index contributed by atoms with van der Waals surface area (Å²) in [6.45, 7) is 9.40. The number of amides is 1. The van der Waals surface area contributed by atoms with Crippen LogP contribution in [0.2, 0.25) is 0 Å². The van der Waals surface area contributed by atoms with Crippen LogP contribution in [0.4, 0.5) is 0 Å². The number of Topliss-reactive ketones (excluding diaryl/α,β-unsaturated/α-hetero) is 1. The molecule has 1 fully saturated rings. The summed E-state index contributed by atoms with van der Waals surface area (Å²) in [6, 6.07) is -0.761. The second kappa shape index (κ2) is 10.7. The van der Waals surface area contributed by atoms with Gasteiger partial charge in [0.15, 0.2) is 0 Å². The molecular formula is C21H37NO4. The van der Waals surface area contributed by atoms with Gasteiger partial charge >= 0.3 is 5.97 Å². The molecule has 5 nitrogen and oxygen atoms in total. The second-order valence-electron chi connectivity index (χ2n) is 9.05. The molecule has 1 amide bonds. The molecule has 0 heterocycles. The Morgan fingerprint density at radius 1 is 1.08 bits per heavy atom. The lowest BCUT2D eigenvalue weighted by atomic mass is 9.86. The second-order valence-corrected chi connectivity index (χ2v) is 9.05. The van der Waals surface area contributed by atoms with Gasteiger partial charge in [0.25, 0.3) is 5.91 Å². The molecule has 1 saturated carbocycles. The van der Waals surface area contributed by atoms with E-state index < -0.39 is 29.1 Å². The van der Waals surface area contributed by atoms with Crippen LogP contribution in [0, 0.1) is 17.3 Å². The zero-order chi connectivity index (χ0) is 19.7. The summed E-state index contributed by atoms with van der Waals surface area (Å²) in [5.41, 5.74) is -0.767. The van der Waals surface area contributed by atoms with Crippen LogP contribution in [0.3, 0.4) is 0 Å². The Labute approximate surface area is 158 Å². The van der Waals surface area contributed by atoms with Gasteiger partial charge in [-0.3, -0.25) is 9.59 Å². The molecule has 0 aromatic rings. The molecule has 150 valence electrons. The van der Waals surface area contributed by atoms with Crippen LogP contribution in [-0.2, 0) is 19.1 Å². The molecule has 26 heavy (non-hydrogen) atoms. The molecule has 0 aromatic heterocycles. The Morgan fingerprint density at radius 2 is 1.69 bits per heavy atom. The molecule has 1 aliphatic rings. The average molecular weight is 368 g/mol. The molecule has 0 aliphatic heterocycles. The van der Waals surface area contributed by atoms with Gasteiger partial charge < -0.3 is 10.1 Å². The number of rotatable bonds is 9. The van der Waals surface area contributed by atoms with Crippen LogP contribution in [-0.4, -0.2) is 30.3 Å². The number of hydrogen-bond donors (Lipinski definition) is 1. The van der Waals surface area contributed by atoms with E-state index in [2.05, 4.69) is 5.32 Å². The summed E-state index contributed by atoms with van der Waals surface area (Å²) in [7, 11) is 0. The van der Waals surface area contributed by atoms with Crippen molar-refractivity contribution in [2.45, 2.75) is 92.0 Å². The van der Waals surface area contributed by atoms with Crippen LogP contribution in [0.25, 0.3) is 0 Å². The molecular weight excluding hydrogens is 330 g/mol. The molecule has 1 rings (SSSR count). The van der Waals surface area contributed by atoms with Crippen LogP contribution in [0.5, 0.6) is 0 Å². The SMILES string of the molecule is CC(C)C[C@H](NC(=O)C(=O)C(C)(C)C)C(=O)OCCCC1CCCCC1. The Kier molecular flexibility index (Phi) is 9.31. The van der Waals surface area contributed by atoms with Crippen LogP contribution >= 0.6 is 0 Å². The lowest BCUT2D eigenvalue weighted by Gasteiger charge is -2.23. The van der Waals surface area contributed by atoms with E-state index in [1.54, 1.807) is 20.8 Å². The van der Waals surface area contributed by atoms with Gasteiger partial charge in [0.2, 0.25) is 5.78 Å². The molecule has 1 N–H and O–H groups in total. The summed E-state index contributed by atoms with van der Waals surface area (Å²) in [5.74, 6) is -0.686. The molecule has 0 radical (unpaired) electrons. The van der Waals surface area contributed by atoms with Crippen LogP contribution < -0.4 is 5.32 Å². The van der Waals surface area contributed by atoms with Crippen molar-refractivity contribution in [2.75, 3.05) is 6.61 Å². The van der Waals surface area contributed by atoms with E-state index >= 15 is 0 Å². The monoisotopic (exact) mass is 367 g/mol.